The van der Waals surface area contributed by atoms with Crippen molar-refractivity contribution in [3.05, 3.63) is 109 Å². The molecule has 0 radical (unpaired) electrons. The third-order valence-corrected chi connectivity index (χ3v) is 6.52. The lowest BCUT2D eigenvalue weighted by molar-refractivity contribution is 1.34. The lowest BCUT2D eigenvalue weighted by Crippen LogP contribution is -2.20. The lowest BCUT2D eigenvalue weighted by atomic mass is 10.1. The van der Waals surface area contributed by atoms with E-state index in [1.807, 2.05) is 12.3 Å². The van der Waals surface area contributed by atoms with Gasteiger partial charge >= 0.3 is 0 Å². The molecule has 1 nitrogen and oxygen atoms in total. The minimum absolute atomic E-state index is 0.593. The molecule has 1 aromatic heterocycles. The highest BCUT2D eigenvalue weighted by Gasteiger charge is 2.16. The summed E-state index contributed by atoms with van der Waals surface area (Å²) < 4.78 is 0. The Morgan fingerprint density at radius 2 is 1.04 bits per heavy atom. The molecule has 25 heavy (non-hydrogen) atoms. The highest BCUT2D eigenvalue weighted by molar-refractivity contribution is 7.79. The first-order chi connectivity index (χ1) is 12.4. The van der Waals surface area contributed by atoms with Gasteiger partial charge in [0.25, 0.3) is 0 Å². The molecule has 4 aromatic rings. The lowest BCUT2D eigenvalue weighted by Gasteiger charge is -2.19. The van der Waals surface area contributed by atoms with Crippen LogP contribution in [-0.4, -0.2) is 4.98 Å². The van der Waals surface area contributed by atoms with Gasteiger partial charge in [-0.2, -0.15) is 0 Å². The average molecular weight is 339 g/mol. The number of benzene rings is 3. The molecule has 0 aliphatic carbocycles. The zero-order valence-corrected chi connectivity index (χ0v) is 14.7. The van der Waals surface area contributed by atoms with Crippen molar-refractivity contribution in [3.63, 3.8) is 0 Å². The van der Waals surface area contributed by atoms with Crippen LogP contribution in [0.15, 0.2) is 109 Å². The van der Waals surface area contributed by atoms with E-state index in [2.05, 4.69) is 102 Å². The Kier molecular flexibility index (Phi) is 4.68. The van der Waals surface area contributed by atoms with Crippen LogP contribution in [0.3, 0.4) is 0 Å². The first kappa shape index (κ1) is 15.7. The van der Waals surface area contributed by atoms with E-state index in [0.29, 0.717) is 0 Å². The van der Waals surface area contributed by atoms with Crippen LogP contribution in [0.2, 0.25) is 0 Å². The summed E-state index contributed by atoms with van der Waals surface area (Å²) in [6, 6.07) is 36.3. The maximum atomic E-state index is 4.59. The molecule has 0 unspecified atom stereocenters. The van der Waals surface area contributed by atoms with Crippen LogP contribution < -0.4 is 15.9 Å². The van der Waals surface area contributed by atoms with Crippen LogP contribution in [0.1, 0.15) is 0 Å². The van der Waals surface area contributed by atoms with Crippen molar-refractivity contribution in [2.24, 2.45) is 0 Å². The number of nitrogens with zero attached hydrogens (tertiary/aromatic N) is 1. The maximum absolute atomic E-state index is 4.59. The molecule has 0 fully saturated rings. The first-order valence-corrected chi connectivity index (χ1v) is 9.68. The molecule has 0 bridgehead atoms. The Morgan fingerprint density at radius 1 is 0.520 bits per heavy atom. The quantitative estimate of drug-likeness (QED) is 0.499. The summed E-state index contributed by atoms with van der Waals surface area (Å²) in [5.41, 5.74) is 2.18. The molecule has 0 aliphatic heterocycles. The largest absolute Gasteiger partial charge is 0.256 e. The molecule has 0 aliphatic rings. The highest BCUT2D eigenvalue weighted by atomic mass is 31.1. The second-order valence-electron chi connectivity index (χ2n) is 5.77. The summed E-state index contributed by atoms with van der Waals surface area (Å²) in [4.78, 5) is 4.59. The van der Waals surface area contributed by atoms with Gasteiger partial charge in [-0.05, 0) is 36.0 Å². The summed E-state index contributed by atoms with van der Waals surface area (Å²) in [7, 11) is -0.593. The van der Waals surface area contributed by atoms with Gasteiger partial charge in [0.2, 0.25) is 0 Å². The highest BCUT2D eigenvalue weighted by Crippen LogP contribution is 2.33. The Bertz CT molecular complexity index is 898. The number of aromatic nitrogens is 1. The first-order valence-electron chi connectivity index (χ1n) is 8.33. The SMILES string of the molecule is c1ccc(-c2cc(P(c3ccccc3)c3ccccc3)ccn2)cc1. The van der Waals surface area contributed by atoms with E-state index < -0.39 is 7.92 Å². The van der Waals surface area contributed by atoms with Gasteiger partial charge in [0.05, 0.1) is 5.69 Å². The fraction of sp³-hybridized carbons (Fsp3) is 0. The Balaban J connectivity index is 1.83. The molecule has 0 saturated heterocycles. The molecular formula is C23H18NP. The summed E-state index contributed by atoms with van der Waals surface area (Å²) in [6.07, 6.45) is 1.93. The normalized spacial score (nSPS) is 10.8. The second-order valence-corrected chi connectivity index (χ2v) is 7.99. The Hall–Kier alpha value is -2.76. The number of hydrogen-bond acceptors (Lipinski definition) is 1. The third-order valence-electron chi connectivity index (χ3n) is 4.10. The van der Waals surface area contributed by atoms with Crippen molar-refractivity contribution in [1.82, 2.24) is 4.98 Å². The van der Waals surface area contributed by atoms with Crippen molar-refractivity contribution in [2.75, 3.05) is 0 Å². The fourth-order valence-electron chi connectivity index (χ4n) is 2.93. The molecule has 0 saturated carbocycles. The van der Waals surface area contributed by atoms with E-state index in [0.717, 1.165) is 11.3 Å². The zero-order chi connectivity index (χ0) is 16.9. The molecule has 0 amide bonds. The van der Waals surface area contributed by atoms with Crippen molar-refractivity contribution < 1.29 is 0 Å². The number of hydrogen-bond donors (Lipinski definition) is 0. The minimum atomic E-state index is -0.593. The van der Waals surface area contributed by atoms with Crippen molar-refractivity contribution in [2.45, 2.75) is 0 Å². The van der Waals surface area contributed by atoms with Crippen molar-refractivity contribution in [1.29, 1.82) is 0 Å². The molecule has 120 valence electrons. The van der Waals surface area contributed by atoms with Crippen LogP contribution in [0.5, 0.6) is 0 Å². The monoisotopic (exact) mass is 339 g/mol. The molecule has 4 rings (SSSR count). The van der Waals surface area contributed by atoms with Gasteiger partial charge in [-0.25, -0.2) is 0 Å². The van der Waals surface area contributed by atoms with Gasteiger partial charge in [-0.3, -0.25) is 4.98 Å². The van der Waals surface area contributed by atoms with E-state index in [1.165, 1.54) is 15.9 Å². The third kappa shape index (κ3) is 3.52. The van der Waals surface area contributed by atoms with Gasteiger partial charge in [-0.1, -0.05) is 91.0 Å². The number of rotatable bonds is 4. The summed E-state index contributed by atoms with van der Waals surface area (Å²) in [6.45, 7) is 0. The van der Waals surface area contributed by atoms with E-state index in [4.69, 9.17) is 0 Å². The minimum Gasteiger partial charge on any atom is -0.256 e. The molecule has 2 heteroatoms. The zero-order valence-electron chi connectivity index (χ0n) is 13.8. The van der Waals surface area contributed by atoms with Crippen LogP contribution in [0.25, 0.3) is 11.3 Å². The standard InChI is InChI=1S/C23H18NP/c1-4-10-19(11-5-1)23-18-22(16-17-24-23)25(20-12-6-2-7-13-20)21-14-8-3-9-15-21/h1-18H. The van der Waals surface area contributed by atoms with Crippen molar-refractivity contribution in [3.8, 4) is 11.3 Å². The van der Waals surface area contributed by atoms with Crippen LogP contribution in [0.4, 0.5) is 0 Å². The van der Waals surface area contributed by atoms with Crippen LogP contribution in [-0.2, 0) is 0 Å². The summed E-state index contributed by atoms with van der Waals surface area (Å²) in [5.74, 6) is 0. The van der Waals surface area contributed by atoms with Crippen LogP contribution >= 0.6 is 7.92 Å². The fourth-order valence-corrected chi connectivity index (χ4v) is 5.23. The molecule has 0 spiro atoms. The van der Waals surface area contributed by atoms with E-state index >= 15 is 0 Å². The second kappa shape index (κ2) is 7.42. The Labute approximate surface area is 149 Å². The molecule has 0 atom stereocenters. The van der Waals surface area contributed by atoms with Gasteiger partial charge in [-0.15, -0.1) is 0 Å². The molecule has 3 aromatic carbocycles. The van der Waals surface area contributed by atoms with E-state index in [-0.39, 0.29) is 0 Å². The van der Waals surface area contributed by atoms with E-state index in [1.54, 1.807) is 0 Å². The van der Waals surface area contributed by atoms with Crippen molar-refractivity contribution >= 4 is 23.8 Å². The van der Waals surface area contributed by atoms with Gasteiger partial charge in [0, 0.05) is 11.8 Å². The smallest absolute Gasteiger partial charge is 0.0708 e. The molecular weight excluding hydrogens is 321 g/mol. The van der Waals surface area contributed by atoms with Gasteiger partial charge < -0.3 is 0 Å². The van der Waals surface area contributed by atoms with E-state index in [9.17, 15) is 0 Å². The predicted octanol–water partition coefficient (Wildman–Crippen LogP) is 4.51. The molecule has 1 heterocycles. The average Bonchev–Trinajstić information content (AvgIpc) is 2.71. The van der Waals surface area contributed by atoms with Gasteiger partial charge in [0.15, 0.2) is 0 Å². The molecule has 0 N–H and O–H groups in total. The summed E-state index contributed by atoms with van der Waals surface area (Å²) in [5, 5.41) is 4.03. The summed E-state index contributed by atoms with van der Waals surface area (Å²) >= 11 is 0. The van der Waals surface area contributed by atoms with Gasteiger partial charge in [0.1, 0.15) is 0 Å². The topological polar surface area (TPSA) is 12.9 Å². The number of pyridine rings is 1. The maximum Gasteiger partial charge on any atom is 0.0708 e. The van der Waals surface area contributed by atoms with Crippen LogP contribution in [0, 0.1) is 0 Å². The predicted molar refractivity (Wildman–Crippen MR) is 108 cm³/mol. The Morgan fingerprint density at radius 3 is 1.60 bits per heavy atom.